The number of carbonyl (C=O) groups is 2. The van der Waals surface area contributed by atoms with Gasteiger partial charge in [-0.25, -0.2) is 10.3 Å². The number of hydrogen-bond acceptors (Lipinski definition) is 4. The van der Waals surface area contributed by atoms with Crippen molar-refractivity contribution >= 4 is 11.9 Å². The summed E-state index contributed by atoms with van der Waals surface area (Å²) >= 11 is 0. The van der Waals surface area contributed by atoms with Crippen molar-refractivity contribution in [2.45, 2.75) is 32.8 Å². The van der Waals surface area contributed by atoms with E-state index in [0.29, 0.717) is 0 Å². The normalized spacial score (nSPS) is 10.6. The lowest BCUT2D eigenvalue weighted by Gasteiger charge is -2.23. The monoisotopic (exact) mass is 201 g/mol. The summed E-state index contributed by atoms with van der Waals surface area (Å²) in [5.41, 5.74) is 0.782. The molecule has 0 aromatic heterocycles. The molecule has 0 fully saturated rings. The minimum absolute atomic E-state index is 0.109. The van der Waals surface area contributed by atoms with E-state index in [2.05, 4.69) is 6.58 Å². The highest BCUT2D eigenvalue weighted by Gasteiger charge is 2.26. The van der Waals surface area contributed by atoms with Crippen LogP contribution in [0, 0.1) is 0 Å². The Morgan fingerprint density at radius 3 is 2.36 bits per heavy atom. The summed E-state index contributed by atoms with van der Waals surface area (Å²) in [6.45, 7) is 8.08. The lowest BCUT2D eigenvalue weighted by Crippen LogP contribution is -2.35. The Morgan fingerprint density at radius 2 is 2.00 bits per heavy atom. The van der Waals surface area contributed by atoms with Gasteiger partial charge in [-0.15, -0.1) is 0 Å². The number of esters is 1. The molecule has 0 aliphatic heterocycles. The first kappa shape index (κ1) is 12.6. The van der Waals surface area contributed by atoms with Gasteiger partial charge in [0, 0.05) is 5.57 Å². The zero-order valence-corrected chi connectivity index (χ0v) is 8.59. The van der Waals surface area contributed by atoms with Gasteiger partial charge in [-0.1, -0.05) is 6.58 Å². The number of hydrogen-bond donors (Lipinski definition) is 2. The molecule has 0 aliphatic carbocycles. The predicted molar refractivity (Wildman–Crippen MR) is 49.5 cm³/mol. The molecule has 0 heterocycles. The summed E-state index contributed by atoms with van der Waals surface area (Å²) in [7, 11) is 0. The van der Waals surface area contributed by atoms with Crippen molar-refractivity contribution < 1.29 is 19.5 Å². The van der Waals surface area contributed by atoms with Crippen molar-refractivity contribution in [3.8, 4) is 0 Å². The Balaban J connectivity index is 4.27. The Hall–Kier alpha value is -1.36. The molecule has 5 nitrogen and oxygen atoms in total. The van der Waals surface area contributed by atoms with E-state index in [1.807, 2.05) is 0 Å². The fraction of sp³-hybridized carbons (Fsp3) is 0.556. The van der Waals surface area contributed by atoms with E-state index in [-0.39, 0.29) is 12.0 Å². The summed E-state index contributed by atoms with van der Waals surface area (Å²) in [5.74, 6) is -1.16. The van der Waals surface area contributed by atoms with Gasteiger partial charge < -0.3 is 4.74 Å². The number of amides is 1. The molecular formula is C9H15NO4. The number of carbonyl (C=O) groups excluding carboxylic acids is 2. The van der Waals surface area contributed by atoms with E-state index in [0.717, 1.165) is 0 Å². The molecule has 80 valence electrons. The summed E-state index contributed by atoms with van der Waals surface area (Å²) in [4.78, 5) is 21.9. The smallest absolute Gasteiger partial charge is 0.333 e. The number of ether oxygens (including phenoxy) is 1. The number of rotatable bonds is 4. The molecular weight excluding hydrogens is 186 g/mol. The molecule has 0 saturated heterocycles. The molecule has 0 unspecified atom stereocenters. The van der Waals surface area contributed by atoms with Gasteiger partial charge in [0.15, 0.2) is 0 Å². The van der Waals surface area contributed by atoms with E-state index < -0.39 is 17.5 Å². The van der Waals surface area contributed by atoms with Crippen LogP contribution in [0.3, 0.4) is 0 Å². The standard InChI is InChI=1S/C9H15NO4/c1-6(2)8(12)14-9(3,4)5-7(11)10-13/h13H,1,5H2,2-4H3,(H,10,11). The van der Waals surface area contributed by atoms with Gasteiger partial charge in [0.25, 0.3) is 0 Å². The average molecular weight is 201 g/mol. The van der Waals surface area contributed by atoms with Crippen molar-refractivity contribution in [2.24, 2.45) is 0 Å². The molecule has 0 saturated carbocycles. The maximum atomic E-state index is 11.1. The molecule has 2 N–H and O–H groups in total. The second-order valence-corrected chi connectivity index (χ2v) is 3.64. The van der Waals surface area contributed by atoms with Gasteiger partial charge in [0.2, 0.25) is 5.91 Å². The number of hydroxylamine groups is 1. The van der Waals surface area contributed by atoms with Crippen molar-refractivity contribution in [3.05, 3.63) is 12.2 Å². The highest BCUT2D eigenvalue weighted by molar-refractivity contribution is 5.87. The van der Waals surface area contributed by atoms with E-state index in [1.165, 1.54) is 12.4 Å². The maximum absolute atomic E-state index is 11.1. The number of nitrogens with one attached hydrogen (secondary N) is 1. The SMILES string of the molecule is C=C(C)C(=O)OC(C)(C)CC(=O)NO. The van der Waals surface area contributed by atoms with Crippen LogP contribution >= 0.6 is 0 Å². The Labute approximate surface area is 82.7 Å². The molecule has 5 heteroatoms. The summed E-state index contributed by atoms with van der Waals surface area (Å²) < 4.78 is 4.96. The molecule has 1 amide bonds. The minimum Gasteiger partial charge on any atom is -0.456 e. The second-order valence-electron chi connectivity index (χ2n) is 3.64. The van der Waals surface area contributed by atoms with E-state index >= 15 is 0 Å². The largest absolute Gasteiger partial charge is 0.456 e. The van der Waals surface area contributed by atoms with Gasteiger partial charge in [0.1, 0.15) is 5.60 Å². The first-order valence-electron chi connectivity index (χ1n) is 4.10. The molecule has 0 bridgehead atoms. The molecule has 0 rings (SSSR count). The van der Waals surface area contributed by atoms with Gasteiger partial charge in [0.05, 0.1) is 6.42 Å². The molecule has 0 aromatic rings. The van der Waals surface area contributed by atoms with Crippen LogP contribution in [0.2, 0.25) is 0 Å². The van der Waals surface area contributed by atoms with Crippen molar-refractivity contribution in [3.63, 3.8) is 0 Å². The van der Waals surface area contributed by atoms with Crippen LogP contribution in [0.25, 0.3) is 0 Å². The molecule has 0 aliphatic rings. The van der Waals surface area contributed by atoms with E-state index in [4.69, 9.17) is 9.94 Å². The van der Waals surface area contributed by atoms with Crippen LogP contribution in [-0.4, -0.2) is 22.7 Å². The van der Waals surface area contributed by atoms with Crippen LogP contribution in [0.5, 0.6) is 0 Å². The fourth-order valence-electron chi connectivity index (χ4n) is 0.800. The molecule has 0 radical (unpaired) electrons. The van der Waals surface area contributed by atoms with Gasteiger partial charge >= 0.3 is 5.97 Å². The minimum atomic E-state index is -0.956. The first-order chi connectivity index (χ1) is 6.28. The Kier molecular flexibility index (Phi) is 4.30. The van der Waals surface area contributed by atoms with Crippen LogP contribution in [0.1, 0.15) is 27.2 Å². The topological polar surface area (TPSA) is 75.6 Å². The molecule has 0 spiro atoms. The molecule has 14 heavy (non-hydrogen) atoms. The van der Waals surface area contributed by atoms with Crippen molar-refractivity contribution in [1.29, 1.82) is 0 Å². The zero-order chi connectivity index (χ0) is 11.4. The average Bonchev–Trinajstić information content (AvgIpc) is 2.02. The quantitative estimate of drug-likeness (QED) is 0.305. The van der Waals surface area contributed by atoms with Gasteiger partial charge in [-0.3, -0.25) is 10.0 Å². The van der Waals surface area contributed by atoms with Crippen LogP contribution < -0.4 is 5.48 Å². The van der Waals surface area contributed by atoms with Crippen LogP contribution in [-0.2, 0) is 14.3 Å². The third-order valence-corrected chi connectivity index (χ3v) is 1.43. The predicted octanol–water partition coefficient (Wildman–Crippen LogP) is 0.780. The fourth-order valence-corrected chi connectivity index (χ4v) is 0.800. The van der Waals surface area contributed by atoms with E-state index in [1.54, 1.807) is 13.8 Å². The third kappa shape index (κ3) is 4.61. The van der Waals surface area contributed by atoms with Crippen LogP contribution in [0.4, 0.5) is 0 Å². The molecule has 0 aromatic carbocycles. The first-order valence-corrected chi connectivity index (χ1v) is 4.10. The maximum Gasteiger partial charge on any atom is 0.333 e. The third-order valence-electron chi connectivity index (χ3n) is 1.43. The highest BCUT2D eigenvalue weighted by atomic mass is 16.6. The zero-order valence-electron chi connectivity index (χ0n) is 8.59. The Morgan fingerprint density at radius 1 is 1.50 bits per heavy atom. The molecule has 0 atom stereocenters. The van der Waals surface area contributed by atoms with Crippen molar-refractivity contribution in [1.82, 2.24) is 5.48 Å². The summed E-state index contributed by atoms with van der Waals surface area (Å²) in [6, 6.07) is 0. The van der Waals surface area contributed by atoms with Crippen molar-refractivity contribution in [2.75, 3.05) is 0 Å². The lowest BCUT2D eigenvalue weighted by molar-refractivity contribution is -0.155. The van der Waals surface area contributed by atoms with Crippen LogP contribution in [0.15, 0.2) is 12.2 Å². The summed E-state index contributed by atoms with van der Waals surface area (Å²) in [5, 5.41) is 8.28. The van der Waals surface area contributed by atoms with E-state index in [9.17, 15) is 9.59 Å². The van der Waals surface area contributed by atoms with Gasteiger partial charge in [-0.05, 0) is 20.8 Å². The second kappa shape index (κ2) is 4.76. The summed E-state index contributed by atoms with van der Waals surface area (Å²) in [6.07, 6.45) is -0.109. The highest BCUT2D eigenvalue weighted by Crippen LogP contribution is 2.15. The lowest BCUT2D eigenvalue weighted by atomic mass is 10.0. The Bertz CT molecular complexity index is 258. The van der Waals surface area contributed by atoms with Gasteiger partial charge in [-0.2, -0.15) is 0 Å².